The van der Waals surface area contributed by atoms with Crippen molar-refractivity contribution < 1.29 is 28.5 Å². The van der Waals surface area contributed by atoms with Crippen molar-refractivity contribution in [3.8, 4) is 28.4 Å². The van der Waals surface area contributed by atoms with Gasteiger partial charge in [-0.2, -0.15) is 5.10 Å². The van der Waals surface area contributed by atoms with Gasteiger partial charge in [0.1, 0.15) is 17.9 Å². The Labute approximate surface area is 222 Å². The van der Waals surface area contributed by atoms with Crippen LogP contribution in [0.15, 0.2) is 77.3 Å². The van der Waals surface area contributed by atoms with Gasteiger partial charge in [0.2, 0.25) is 0 Å². The molecule has 3 aromatic carbocycles. The minimum atomic E-state index is -0.730. The number of carbonyl (C=O) groups excluding carboxylic acids is 2. The van der Waals surface area contributed by atoms with E-state index in [4.69, 9.17) is 18.9 Å². The Morgan fingerprint density at radius 1 is 0.865 bits per heavy atom. The Kier molecular flexibility index (Phi) is 8.25. The fourth-order valence-electron chi connectivity index (χ4n) is 3.78. The van der Waals surface area contributed by atoms with Crippen LogP contribution in [-0.2, 0) is 16.1 Å². The molecule has 4 rings (SSSR count). The van der Waals surface area contributed by atoms with E-state index in [1.54, 1.807) is 36.4 Å². The molecule has 0 aliphatic heterocycles. The fraction of sp³-hybridized carbons (Fsp3) is 0.179. The molecule has 190 valence electrons. The number of hydrogen-bond donors (Lipinski definition) is 0. The number of halogens is 1. The lowest BCUT2D eigenvalue weighted by molar-refractivity contribution is 0.0549. The first-order valence-electron chi connectivity index (χ1n) is 11.5. The number of aromatic nitrogens is 2. The zero-order valence-electron chi connectivity index (χ0n) is 20.6. The van der Waals surface area contributed by atoms with E-state index in [0.29, 0.717) is 40.4 Å². The molecule has 0 atom stereocenters. The molecule has 0 bridgehead atoms. The lowest BCUT2D eigenvalue weighted by atomic mass is 10.0. The van der Waals surface area contributed by atoms with Crippen LogP contribution in [0.3, 0.4) is 0 Å². The Bertz CT molecular complexity index is 1400. The van der Waals surface area contributed by atoms with E-state index in [0.717, 1.165) is 5.56 Å². The van der Waals surface area contributed by atoms with E-state index < -0.39 is 11.9 Å². The molecular formula is C28H25BrN2O6. The van der Waals surface area contributed by atoms with E-state index in [-0.39, 0.29) is 17.0 Å². The smallest absolute Gasteiger partial charge is 0.357 e. The van der Waals surface area contributed by atoms with Gasteiger partial charge in [-0.25, -0.2) is 14.3 Å². The van der Waals surface area contributed by atoms with E-state index in [9.17, 15) is 9.59 Å². The van der Waals surface area contributed by atoms with Gasteiger partial charge in [-0.1, -0.05) is 48.5 Å². The SMILES string of the molecule is CCOc1cc(-c2nn(-c3ccccc3)c(C(=O)OC)c2C(=O)OC)c(Br)cc1OCc1ccccc1. The lowest BCUT2D eigenvalue weighted by Crippen LogP contribution is -2.15. The maximum Gasteiger partial charge on any atom is 0.357 e. The normalized spacial score (nSPS) is 10.6. The van der Waals surface area contributed by atoms with Crippen LogP contribution >= 0.6 is 15.9 Å². The summed E-state index contributed by atoms with van der Waals surface area (Å²) in [6.07, 6.45) is 0. The van der Waals surface area contributed by atoms with Gasteiger partial charge in [-0.3, -0.25) is 0 Å². The van der Waals surface area contributed by atoms with Crippen LogP contribution in [-0.4, -0.2) is 42.5 Å². The molecule has 0 radical (unpaired) electrons. The summed E-state index contributed by atoms with van der Waals surface area (Å²) in [6, 6.07) is 22.2. The second-order valence-electron chi connectivity index (χ2n) is 7.79. The van der Waals surface area contributed by atoms with Gasteiger partial charge in [0.05, 0.1) is 26.5 Å². The van der Waals surface area contributed by atoms with E-state index in [1.807, 2.05) is 43.3 Å². The topological polar surface area (TPSA) is 88.9 Å². The van der Waals surface area contributed by atoms with Gasteiger partial charge >= 0.3 is 11.9 Å². The fourth-order valence-corrected chi connectivity index (χ4v) is 4.29. The van der Waals surface area contributed by atoms with Gasteiger partial charge < -0.3 is 18.9 Å². The van der Waals surface area contributed by atoms with Crippen LogP contribution in [0.4, 0.5) is 0 Å². The van der Waals surface area contributed by atoms with Crippen molar-refractivity contribution in [1.29, 1.82) is 0 Å². The lowest BCUT2D eigenvalue weighted by Gasteiger charge is -2.15. The molecule has 0 fully saturated rings. The highest BCUT2D eigenvalue weighted by Crippen LogP contribution is 2.41. The number of nitrogens with zero attached hydrogens (tertiary/aromatic N) is 2. The Balaban J connectivity index is 1.88. The molecule has 0 saturated carbocycles. The van der Waals surface area contributed by atoms with Gasteiger partial charge in [-0.15, -0.1) is 0 Å². The summed E-state index contributed by atoms with van der Waals surface area (Å²) < 4.78 is 23.9. The van der Waals surface area contributed by atoms with Crippen molar-refractivity contribution in [2.75, 3.05) is 20.8 Å². The van der Waals surface area contributed by atoms with Gasteiger partial charge in [0.25, 0.3) is 0 Å². The summed E-state index contributed by atoms with van der Waals surface area (Å²) in [5, 5.41) is 4.66. The Hall–Kier alpha value is -4.11. The predicted octanol–water partition coefficient (Wildman–Crippen LogP) is 5.85. The number of methoxy groups -OCH3 is 2. The largest absolute Gasteiger partial charge is 0.490 e. The van der Waals surface area contributed by atoms with E-state index in [1.165, 1.54) is 18.9 Å². The van der Waals surface area contributed by atoms with Crippen LogP contribution in [0, 0.1) is 0 Å². The molecule has 1 aromatic heterocycles. The molecule has 0 aliphatic rings. The zero-order valence-corrected chi connectivity index (χ0v) is 22.2. The average Bonchev–Trinajstić information content (AvgIpc) is 3.33. The first-order chi connectivity index (χ1) is 18.0. The van der Waals surface area contributed by atoms with Crippen LogP contribution in [0.25, 0.3) is 16.9 Å². The van der Waals surface area contributed by atoms with Gasteiger partial charge in [0.15, 0.2) is 17.2 Å². The summed E-state index contributed by atoms with van der Waals surface area (Å²) in [6.45, 7) is 2.59. The molecule has 0 amide bonds. The quantitative estimate of drug-likeness (QED) is 0.235. The third-order valence-electron chi connectivity index (χ3n) is 5.48. The first-order valence-corrected chi connectivity index (χ1v) is 12.3. The molecule has 4 aromatic rings. The Morgan fingerprint density at radius 3 is 2.11 bits per heavy atom. The summed E-state index contributed by atoms with van der Waals surface area (Å²) in [7, 11) is 2.49. The number of rotatable bonds is 9. The Morgan fingerprint density at radius 2 is 1.49 bits per heavy atom. The number of hydrogen-bond acceptors (Lipinski definition) is 7. The second kappa shape index (κ2) is 11.7. The highest BCUT2D eigenvalue weighted by atomic mass is 79.9. The molecule has 8 nitrogen and oxygen atoms in total. The molecule has 0 N–H and O–H groups in total. The highest BCUT2D eigenvalue weighted by molar-refractivity contribution is 9.10. The number of carbonyl (C=O) groups is 2. The van der Waals surface area contributed by atoms with Gasteiger partial charge in [-0.05, 0) is 52.7 Å². The minimum Gasteiger partial charge on any atom is -0.490 e. The summed E-state index contributed by atoms with van der Waals surface area (Å²) in [4.78, 5) is 25.9. The summed E-state index contributed by atoms with van der Waals surface area (Å²) in [5.74, 6) is -0.489. The third-order valence-corrected chi connectivity index (χ3v) is 6.14. The van der Waals surface area contributed by atoms with Crippen molar-refractivity contribution in [3.05, 3.63) is 94.1 Å². The monoisotopic (exact) mass is 564 g/mol. The maximum atomic E-state index is 13.0. The third kappa shape index (κ3) is 5.51. The second-order valence-corrected chi connectivity index (χ2v) is 8.64. The van der Waals surface area contributed by atoms with Crippen LogP contribution < -0.4 is 9.47 Å². The predicted molar refractivity (Wildman–Crippen MR) is 141 cm³/mol. The molecule has 0 saturated heterocycles. The molecule has 0 unspecified atom stereocenters. The molecule has 1 heterocycles. The summed E-state index contributed by atoms with van der Waals surface area (Å²) in [5.41, 5.74) is 2.23. The molecule has 37 heavy (non-hydrogen) atoms. The van der Waals surface area contributed by atoms with E-state index >= 15 is 0 Å². The average molecular weight is 565 g/mol. The maximum absolute atomic E-state index is 13.0. The molecule has 9 heteroatoms. The van der Waals surface area contributed by atoms with Crippen molar-refractivity contribution >= 4 is 27.9 Å². The van der Waals surface area contributed by atoms with E-state index in [2.05, 4.69) is 21.0 Å². The van der Waals surface area contributed by atoms with Crippen molar-refractivity contribution in [2.24, 2.45) is 0 Å². The first kappa shape index (κ1) is 26.0. The summed E-state index contributed by atoms with van der Waals surface area (Å²) >= 11 is 3.59. The zero-order chi connectivity index (χ0) is 26.4. The van der Waals surface area contributed by atoms with Crippen LogP contribution in [0.5, 0.6) is 11.5 Å². The number of benzene rings is 3. The van der Waals surface area contributed by atoms with Crippen molar-refractivity contribution in [2.45, 2.75) is 13.5 Å². The number of esters is 2. The molecular weight excluding hydrogens is 540 g/mol. The standard InChI is InChI=1S/C28H25BrN2O6/c1-4-36-22-15-20(21(29)16-23(22)37-17-18-11-7-5-8-12-18)25-24(27(32)34-2)26(28(33)35-3)31(30-25)19-13-9-6-10-14-19/h5-16H,4,17H2,1-3H3. The van der Waals surface area contributed by atoms with Crippen molar-refractivity contribution in [1.82, 2.24) is 9.78 Å². The number of ether oxygens (including phenoxy) is 4. The highest BCUT2D eigenvalue weighted by Gasteiger charge is 2.32. The molecule has 0 aliphatic carbocycles. The number of para-hydroxylation sites is 1. The van der Waals surface area contributed by atoms with Crippen LogP contribution in [0.2, 0.25) is 0 Å². The van der Waals surface area contributed by atoms with Gasteiger partial charge in [0, 0.05) is 10.0 Å². The minimum absolute atomic E-state index is 0.0284. The molecule has 0 spiro atoms. The van der Waals surface area contributed by atoms with Crippen LogP contribution in [0.1, 0.15) is 33.3 Å². The van der Waals surface area contributed by atoms with Crippen molar-refractivity contribution in [3.63, 3.8) is 0 Å².